The number of thiocarbonyl (C=S) groups is 1. The molecule has 7 heteroatoms. The summed E-state index contributed by atoms with van der Waals surface area (Å²) in [5, 5.41) is 9.74. The number of thiophene rings is 1. The number of aryl methyl sites for hydroxylation is 2. The van der Waals surface area contributed by atoms with Crippen LogP contribution in [0, 0.1) is 19.7 Å². The van der Waals surface area contributed by atoms with Gasteiger partial charge in [0.1, 0.15) is 5.82 Å². The summed E-state index contributed by atoms with van der Waals surface area (Å²) in [4.78, 5) is 6.81. The zero-order valence-corrected chi connectivity index (χ0v) is 15.7. The first-order chi connectivity index (χ1) is 11.5. The molecular formula is C17H16FN3S3. The molecule has 0 saturated carbocycles. The topological polar surface area (TPSA) is 37.0 Å². The van der Waals surface area contributed by atoms with Gasteiger partial charge in [-0.15, -0.1) is 22.7 Å². The van der Waals surface area contributed by atoms with Crippen LogP contribution in [0.5, 0.6) is 0 Å². The van der Waals surface area contributed by atoms with Crippen molar-refractivity contribution in [2.75, 3.05) is 5.32 Å². The number of anilines is 1. The van der Waals surface area contributed by atoms with Gasteiger partial charge >= 0.3 is 0 Å². The summed E-state index contributed by atoms with van der Waals surface area (Å²) in [6.07, 6.45) is 0. The molecule has 0 amide bonds. The van der Waals surface area contributed by atoms with E-state index in [2.05, 4.69) is 33.1 Å². The fraction of sp³-hybridized carbons (Fsp3) is 0.176. The highest BCUT2D eigenvalue weighted by atomic mass is 32.1. The van der Waals surface area contributed by atoms with Crippen molar-refractivity contribution in [3.8, 4) is 10.6 Å². The van der Waals surface area contributed by atoms with Gasteiger partial charge in [0.25, 0.3) is 0 Å². The third kappa shape index (κ3) is 4.17. The van der Waals surface area contributed by atoms with Gasteiger partial charge in [-0.25, -0.2) is 9.37 Å². The minimum atomic E-state index is -0.246. The fourth-order valence-electron chi connectivity index (χ4n) is 2.10. The monoisotopic (exact) mass is 377 g/mol. The maximum absolute atomic E-state index is 13.5. The Kier molecular flexibility index (Phi) is 5.23. The second kappa shape index (κ2) is 7.38. The molecule has 0 unspecified atom stereocenters. The molecular weight excluding hydrogens is 361 g/mol. The Morgan fingerprint density at radius 3 is 2.79 bits per heavy atom. The Balaban J connectivity index is 1.56. The summed E-state index contributed by atoms with van der Waals surface area (Å²) in [5.41, 5.74) is 2.27. The van der Waals surface area contributed by atoms with Crippen LogP contribution in [-0.2, 0) is 6.54 Å². The molecule has 0 bridgehead atoms. The molecule has 0 atom stereocenters. The zero-order chi connectivity index (χ0) is 17.1. The Hall–Kier alpha value is -1.83. The van der Waals surface area contributed by atoms with Crippen molar-refractivity contribution in [2.45, 2.75) is 20.4 Å². The van der Waals surface area contributed by atoms with E-state index in [0.29, 0.717) is 22.9 Å². The summed E-state index contributed by atoms with van der Waals surface area (Å²) in [6.45, 7) is 4.35. The summed E-state index contributed by atoms with van der Waals surface area (Å²) < 4.78 is 13.5. The zero-order valence-electron chi connectivity index (χ0n) is 13.2. The quantitative estimate of drug-likeness (QED) is 0.619. The van der Waals surface area contributed by atoms with Crippen LogP contribution in [0.2, 0.25) is 0 Å². The van der Waals surface area contributed by atoms with E-state index in [0.717, 1.165) is 20.5 Å². The number of aromatic nitrogens is 1. The predicted octanol–water partition coefficient (Wildman–Crippen LogP) is 5.11. The van der Waals surface area contributed by atoms with Crippen molar-refractivity contribution in [2.24, 2.45) is 0 Å². The Labute approximate surface area is 153 Å². The average molecular weight is 378 g/mol. The van der Waals surface area contributed by atoms with Crippen LogP contribution in [-0.4, -0.2) is 10.1 Å². The van der Waals surface area contributed by atoms with Gasteiger partial charge < -0.3 is 10.6 Å². The summed E-state index contributed by atoms with van der Waals surface area (Å²) in [6, 6.07) is 9.11. The Morgan fingerprint density at radius 2 is 2.08 bits per heavy atom. The fourth-order valence-corrected chi connectivity index (χ4v) is 3.89. The van der Waals surface area contributed by atoms with Crippen molar-refractivity contribution in [3.05, 3.63) is 57.0 Å². The van der Waals surface area contributed by atoms with Gasteiger partial charge in [0.15, 0.2) is 5.11 Å². The lowest BCUT2D eigenvalue weighted by Gasteiger charge is -2.10. The molecule has 0 aliphatic carbocycles. The molecule has 24 heavy (non-hydrogen) atoms. The second-order valence-electron chi connectivity index (χ2n) is 5.29. The predicted molar refractivity (Wildman–Crippen MR) is 104 cm³/mol. The second-order valence-corrected chi connectivity index (χ2v) is 7.93. The molecule has 2 aromatic heterocycles. The minimum absolute atomic E-state index is 0.246. The number of nitrogens with one attached hydrogen (secondary N) is 2. The van der Waals surface area contributed by atoms with Crippen LogP contribution < -0.4 is 10.6 Å². The van der Waals surface area contributed by atoms with Crippen LogP contribution in [0.4, 0.5) is 10.1 Å². The maximum atomic E-state index is 13.5. The normalized spacial score (nSPS) is 10.6. The van der Waals surface area contributed by atoms with Crippen molar-refractivity contribution < 1.29 is 4.39 Å². The number of thiazole rings is 1. The van der Waals surface area contributed by atoms with E-state index in [1.165, 1.54) is 6.07 Å². The standard InChI is InChI=1S/C17H16FN3S3/c1-10-3-4-12(7-14(10)18)21-17(22)19-8-13-5-6-16(24-13)15-9-23-11(2)20-15/h3-7,9H,8H2,1-2H3,(H2,19,21,22). The molecule has 124 valence electrons. The van der Waals surface area contributed by atoms with Gasteiger partial charge in [0.2, 0.25) is 0 Å². The van der Waals surface area contributed by atoms with E-state index in [9.17, 15) is 4.39 Å². The first-order valence-corrected chi connectivity index (χ1v) is 9.44. The van der Waals surface area contributed by atoms with Gasteiger partial charge in [0.05, 0.1) is 22.1 Å². The van der Waals surface area contributed by atoms with Gasteiger partial charge in [0, 0.05) is 15.9 Å². The third-order valence-corrected chi connectivity index (χ3v) is 5.51. The van der Waals surface area contributed by atoms with Gasteiger partial charge in [-0.3, -0.25) is 0 Å². The highest BCUT2D eigenvalue weighted by Gasteiger charge is 2.07. The molecule has 2 N–H and O–H groups in total. The molecule has 0 saturated heterocycles. The molecule has 3 nitrogen and oxygen atoms in total. The SMILES string of the molecule is Cc1nc(-c2ccc(CNC(=S)Nc3ccc(C)c(F)c3)s2)cs1. The lowest BCUT2D eigenvalue weighted by Crippen LogP contribution is -2.27. The summed E-state index contributed by atoms with van der Waals surface area (Å²) in [5.74, 6) is -0.246. The molecule has 0 aliphatic rings. The van der Waals surface area contributed by atoms with E-state index in [-0.39, 0.29) is 5.82 Å². The molecule has 0 radical (unpaired) electrons. The molecule has 3 aromatic rings. The number of hydrogen-bond donors (Lipinski definition) is 2. The van der Waals surface area contributed by atoms with Crippen LogP contribution in [0.1, 0.15) is 15.4 Å². The lowest BCUT2D eigenvalue weighted by atomic mass is 10.2. The van der Waals surface area contributed by atoms with Crippen LogP contribution >= 0.6 is 34.9 Å². The highest BCUT2D eigenvalue weighted by Crippen LogP contribution is 2.28. The van der Waals surface area contributed by atoms with Crippen molar-refractivity contribution in [1.29, 1.82) is 0 Å². The molecule has 0 spiro atoms. The Morgan fingerprint density at radius 1 is 1.25 bits per heavy atom. The van der Waals surface area contributed by atoms with E-state index in [1.54, 1.807) is 41.7 Å². The summed E-state index contributed by atoms with van der Waals surface area (Å²) >= 11 is 8.60. The molecule has 0 aliphatic heterocycles. The van der Waals surface area contributed by atoms with E-state index in [1.807, 2.05) is 6.92 Å². The number of nitrogens with zero attached hydrogens (tertiary/aromatic N) is 1. The summed E-state index contributed by atoms with van der Waals surface area (Å²) in [7, 11) is 0. The first-order valence-electron chi connectivity index (χ1n) is 7.33. The van der Waals surface area contributed by atoms with E-state index < -0.39 is 0 Å². The minimum Gasteiger partial charge on any atom is -0.358 e. The highest BCUT2D eigenvalue weighted by molar-refractivity contribution is 7.80. The van der Waals surface area contributed by atoms with Crippen LogP contribution in [0.25, 0.3) is 10.6 Å². The third-order valence-electron chi connectivity index (χ3n) is 3.39. The number of benzene rings is 1. The Bertz CT molecular complexity index is 870. The molecule has 0 fully saturated rings. The van der Waals surface area contributed by atoms with Gasteiger partial charge in [-0.05, 0) is 55.9 Å². The maximum Gasteiger partial charge on any atom is 0.171 e. The molecule has 3 rings (SSSR count). The van der Waals surface area contributed by atoms with Crippen molar-refractivity contribution in [3.63, 3.8) is 0 Å². The largest absolute Gasteiger partial charge is 0.358 e. The molecule has 1 aromatic carbocycles. The van der Waals surface area contributed by atoms with Crippen LogP contribution in [0.3, 0.4) is 0 Å². The average Bonchev–Trinajstić information content (AvgIpc) is 3.18. The smallest absolute Gasteiger partial charge is 0.171 e. The number of hydrogen-bond acceptors (Lipinski definition) is 4. The van der Waals surface area contributed by atoms with Gasteiger partial charge in [-0.2, -0.15) is 0 Å². The van der Waals surface area contributed by atoms with E-state index >= 15 is 0 Å². The van der Waals surface area contributed by atoms with E-state index in [4.69, 9.17) is 12.2 Å². The number of halogens is 1. The lowest BCUT2D eigenvalue weighted by molar-refractivity contribution is 0.619. The molecule has 2 heterocycles. The first kappa shape index (κ1) is 17.0. The van der Waals surface area contributed by atoms with Crippen molar-refractivity contribution >= 4 is 45.7 Å². The number of rotatable bonds is 4. The van der Waals surface area contributed by atoms with Gasteiger partial charge in [-0.1, -0.05) is 6.07 Å². The van der Waals surface area contributed by atoms with Crippen molar-refractivity contribution in [1.82, 2.24) is 10.3 Å². The van der Waals surface area contributed by atoms with Crippen LogP contribution in [0.15, 0.2) is 35.7 Å².